The van der Waals surface area contributed by atoms with Gasteiger partial charge in [-0.15, -0.1) is 0 Å². The second-order valence-electron chi connectivity index (χ2n) is 13.5. The van der Waals surface area contributed by atoms with Gasteiger partial charge in [0.25, 0.3) is 11.8 Å². The van der Waals surface area contributed by atoms with Crippen molar-refractivity contribution in [3.63, 3.8) is 0 Å². The number of nitrogens with one attached hydrogen (secondary N) is 4. The number of aliphatic hydroxyl groups is 4. The van der Waals surface area contributed by atoms with Gasteiger partial charge in [0.15, 0.2) is 58.6 Å². The predicted molar refractivity (Wildman–Crippen MR) is 228 cm³/mol. The minimum absolute atomic E-state index is 0.416. The number of imidazole rings is 2. The molecule has 20 nitrogen and oxygen atoms in total. The van der Waals surface area contributed by atoms with Gasteiger partial charge in [-0.05, 0) is 87.5 Å². The van der Waals surface area contributed by atoms with Gasteiger partial charge in [-0.2, -0.15) is 0 Å². The molecule has 310 valence electrons. The Bertz CT molecular complexity index is 2470. The second kappa shape index (κ2) is 18.3. The van der Waals surface area contributed by atoms with E-state index in [1.54, 1.807) is 6.92 Å². The summed E-state index contributed by atoms with van der Waals surface area (Å²) < 4.78 is 16.5. The van der Waals surface area contributed by atoms with E-state index < -0.39 is 60.9 Å². The molecule has 59 heavy (non-hydrogen) atoms. The normalized spacial score (nSPS) is 23.8. The highest BCUT2D eigenvalue weighted by atomic mass is 127. The Hall–Kier alpha value is -4.70. The van der Waals surface area contributed by atoms with Crippen LogP contribution in [0.25, 0.3) is 22.3 Å². The third-order valence-electron chi connectivity index (χ3n) is 9.62. The molecule has 8 N–H and O–H groups in total. The summed E-state index contributed by atoms with van der Waals surface area (Å²) in [6.45, 7) is 2.85. The maximum absolute atomic E-state index is 11.9. The maximum atomic E-state index is 11.9. The van der Waals surface area contributed by atoms with Gasteiger partial charge >= 0.3 is 0 Å². The van der Waals surface area contributed by atoms with Crippen molar-refractivity contribution in [1.82, 2.24) is 49.7 Å². The average Bonchev–Trinajstić information content (AvgIpc) is 4.00. The highest BCUT2D eigenvalue weighted by Crippen LogP contribution is 2.34. The van der Waals surface area contributed by atoms with E-state index in [0.717, 1.165) is 18.3 Å². The third-order valence-corrected chi connectivity index (χ3v) is 11.0. The molecule has 0 bridgehead atoms. The third kappa shape index (κ3) is 8.93. The van der Waals surface area contributed by atoms with Crippen LogP contribution in [0, 0.1) is 14.1 Å². The number of likely N-dealkylation sites (N-methyl/N-ethyl adjacent to an activating group) is 2. The van der Waals surface area contributed by atoms with Crippen molar-refractivity contribution in [1.29, 1.82) is 0 Å². The number of ether oxygens (including phenoxy) is 2. The summed E-state index contributed by atoms with van der Waals surface area (Å²) in [5, 5.41) is 52.6. The molecule has 2 amide bonds. The number of aryl methyl sites for hydroxylation is 1. The molecule has 0 aliphatic carbocycles. The maximum Gasteiger partial charge on any atom is 0.251 e. The molecule has 2 saturated heterocycles. The first kappa shape index (κ1) is 42.4. The fourth-order valence-electron chi connectivity index (χ4n) is 6.66. The highest BCUT2D eigenvalue weighted by molar-refractivity contribution is 14.1. The Labute approximate surface area is 363 Å². The summed E-state index contributed by atoms with van der Waals surface area (Å²) in [7, 11) is 2.87. The number of nitrogens with zero attached hydrogens (tertiary/aromatic N) is 8. The highest BCUT2D eigenvalue weighted by Gasteiger charge is 2.48. The van der Waals surface area contributed by atoms with Crippen LogP contribution < -0.4 is 21.3 Å². The van der Waals surface area contributed by atoms with Gasteiger partial charge in [0.1, 0.15) is 36.6 Å². The molecule has 2 unspecified atom stereocenters. The van der Waals surface area contributed by atoms with Gasteiger partial charge in [0.2, 0.25) is 0 Å². The largest absolute Gasteiger partial charge is 0.387 e. The standard InChI is InChI=1S/C19H21IN6O4.C18H19IN6O4/c1-9-24-16(22-7-10-4-3-5-11(20)6-10)12-17(25-9)26(8-23-12)19-14(28)13(27)15(30-19)18(29)21-2;1-20-17(28)14-12(26)13(27)18(29-14)25-8-24-11-15(22-7-23-16(11)25)21-6-9-3-2-4-10(19)5-9/h3-6,8,13-15,19,27-28H,7H2,1-2H3,(H,21,29)(H,22,24,25);2-5,7-8,12-14,18,26-27H,6H2,1H3,(H,20,28)(H,21,22,23)/t13-,14?,15+,19-;12-,13?,14+,18-/m11/s1. The number of anilines is 2. The van der Waals surface area contributed by atoms with E-state index in [2.05, 4.69) is 108 Å². The number of halogens is 2. The van der Waals surface area contributed by atoms with Gasteiger partial charge in [-0.3, -0.25) is 18.7 Å². The van der Waals surface area contributed by atoms with Crippen LogP contribution >= 0.6 is 45.2 Å². The van der Waals surface area contributed by atoms with Gasteiger partial charge in [-0.25, -0.2) is 29.9 Å². The lowest BCUT2D eigenvalue weighted by Crippen LogP contribution is -2.41. The van der Waals surface area contributed by atoms with Crippen LogP contribution in [0.2, 0.25) is 0 Å². The summed E-state index contributed by atoms with van der Waals surface area (Å²) in [5.41, 5.74) is 4.03. The minimum atomic E-state index is -1.37. The van der Waals surface area contributed by atoms with Crippen LogP contribution in [-0.2, 0) is 32.2 Å². The Balaban J connectivity index is 0.000000179. The summed E-state index contributed by atoms with van der Waals surface area (Å²) in [4.78, 5) is 49.9. The Morgan fingerprint density at radius 3 is 1.68 bits per heavy atom. The number of carbonyl (C=O) groups excluding carboxylic acids is 2. The number of carbonyl (C=O) groups is 2. The van der Waals surface area contributed by atoms with E-state index in [0.29, 0.717) is 52.9 Å². The molecule has 6 heterocycles. The van der Waals surface area contributed by atoms with E-state index in [1.807, 2.05) is 36.4 Å². The molecule has 2 aromatic carbocycles. The van der Waals surface area contributed by atoms with E-state index in [4.69, 9.17) is 9.47 Å². The lowest BCUT2D eigenvalue weighted by Gasteiger charge is -2.16. The summed E-state index contributed by atoms with van der Waals surface area (Å²) in [6.07, 6.45) is -5.45. The number of benzene rings is 2. The molecule has 0 spiro atoms. The molecule has 2 aliphatic heterocycles. The molecule has 2 aliphatic rings. The Kier molecular flexibility index (Phi) is 13.1. The molecule has 8 rings (SSSR count). The first-order valence-electron chi connectivity index (χ1n) is 18.2. The predicted octanol–water partition coefficient (Wildman–Crippen LogP) is 1.12. The zero-order chi connectivity index (χ0) is 42.0. The fourth-order valence-corrected chi connectivity index (χ4v) is 7.88. The van der Waals surface area contributed by atoms with Crippen LogP contribution in [0.3, 0.4) is 0 Å². The first-order chi connectivity index (χ1) is 28.4. The van der Waals surface area contributed by atoms with Crippen molar-refractivity contribution >= 4 is 91.0 Å². The van der Waals surface area contributed by atoms with Gasteiger partial charge < -0.3 is 51.2 Å². The van der Waals surface area contributed by atoms with Crippen molar-refractivity contribution < 1.29 is 39.5 Å². The van der Waals surface area contributed by atoms with Gasteiger partial charge in [0, 0.05) is 34.3 Å². The lowest BCUT2D eigenvalue weighted by atomic mass is 10.1. The van der Waals surface area contributed by atoms with E-state index in [1.165, 1.54) is 42.2 Å². The number of hydrogen-bond acceptors (Lipinski definition) is 16. The van der Waals surface area contributed by atoms with Crippen LogP contribution in [0.15, 0.2) is 67.5 Å². The van der Waals surface area contributed by atoms with Crippen LogP contribution in [0.4, 0.5) is 11.6 Å². The van der Waals surface area contributed by atoms with E-state index >= 15 is 0 Å². The molecular formula is C37H40I2N12O8. The molecule has 6 aromatic rings. The van der Waals surface area contributed by atoms with Crippen molar-refractivity contribution in [2.24, 2.45) is 0 Å². The van der Waals surface area contributed by atoms with Crippen LogP contribution in [0.5, 0.6) is 0 Å². The quantitative estimate of drug-likeness (QED) is 0.0894. The number of amides is 2. The zero-order valence-corrected chi connectivity index (χ0v) is 36.0. The fraction of sp³-hybridized carbons (Fsp3) is 0.351. The minimum Gasteiger partial charge on any atom is -0.387 e. The first-order valence-corrected chi connectivity index (χ1v) is 20.4. The average molecular weight is 1030 g/mol. The van der Waals surface area contributed by atoms with Gasteiger partial charge in [-0.1, -0.05) is 24.3 Å². The van der Waals surface area contributed by atoms with Crippen LogP contribution in [0.1, 0.15) is 29.4 Å². The number of aliphatic hydroxyl groups excluding tert-OH is 4. The summed E-state index contributed by atoms with van der Waals surface area (Å²) >= 11 is 4.52. The summed E-state index contributed by atoms with van der Waals surface area (Å²) in [6, 6.07) is 16.2. The molecule has 0 radical (unpaired) electrons. The smallest absolute Gasteiger partial charge is 0.251 e. The zero-order valence-electron chi connectivity index (χ0n) is 31.6. The van der Waals surface area contributed by atoms with Crippen molar-refractivity contribution in [2.45, 2.75) is 69.1 Å². The van der Waals surface area contributed by atoms with E-state index in [-0.39, 0.29) is 0 Å². The molecule has 22 heteroatoms. The Morgan fingerprint density at radius 2 is 1.17 bits per heavy atom. The molecular weight excluding hydrogens is 994 g/mol. The molecule has 0 saturated carbocycles. The van der Waals surface area contributed by atoms with Crippen molar-refractivity contribution in [3.8, 4) is 0 Å². The van der Waals surface area contributed by atoms with E-state index in [9.17, 15) is 30.0 Å². The van der Waals surface area contributed by atoms with Gasteiger partial charge in [0.05, 0.1) is 12.7 Å². The van der Waals surface area contributed by atoms with Crippen molar-refractivity contribution in [2.75, 3.05) is 24.7 Å². The van der Waals surface area contributed by atoms with Crippen LogP contribution in [-0.4, -0.2) is 122 Å². The molecule has 8 atom stereocenters. The SMILES string of the molecule is CNC(=O)[C@H]1O[C@@H](n2cnc3c(NCc4cccc(I)c4)nc(C)nc32)C(O)[C@H]1O.CNC(=O)[C@H]1O[C@@H](n2cnc3c(NCc4cccc(I)c4)ncnc32)C(O)[C@H]1O. The molecule has 4 aromatic heterocycles. The Morgan fingerprint density at radius 1 is 0.678 bits per heavy atom. The van der Waals surface area contributed by atoms with Crippen molar-refractivity contribution in [3.05, 3.63) is 91.6 Å². The number of hydrogen-bond donors (Lipinski definition) is 8. The summed E-state index contributed by atoms with van der Waals surface area (Å²) in [5.74, 6) is 0.553. The lowest BCUT2D eigenvalue weighted by molar-refractivity contribution is -0.137. The number of aromatic nitrogens is 8. The number of rotatable bonds is 10. The second-order valence-corrected chi connectivity index (χ2v) is 16.0. The molecule has 2 fully saturated rings. The monoisotopic (exact) mass is 1030 g/mol. The topological polar surface area (TPSA) is 269 Å². The number of fused-ring (bicyclic) bond motifs is 2.